The van der Waals surface area contributed by atoms with Gasteiger partial charge >= 0.3 is 0 Å². The molecule has 2 heterocycles. The van der Waals surface area contributed by atoms with E-state index in [1.807, 2.05) is 0 Å². The van der Waals surface area contributed by atoms with Crippen LogP contribution in [0.3, 0.4) is 0 Å². The van der Waals surface area contributed by atoms with Crippen molar-refractivity contribution in [2.45, 2.75) is 31.8 Å². The molecule has 2 saturated heterocycles. The smallest absolute Gasteiger partial charge is 0.0234 e. The Morgan fingerprint density at radius 3 is 2.94 bits per heavy atom. The summed E-state index contributed by atoms with van der Waals surface area (Å²) in [6.45, 7) is 6.24. The van der Waals surface area contributed by atoms with Crippen LogP contribution >= 0.6 is 15.9 Å². The maximum Gasteiger partial charge on any atom is 0.0234 e. The Kier molecular flexibility index (Phi) is 4.02. The van der Waals surface area contributed by atoms with Gasteiger partial charge in [0, 0.05) is 23.6 Å². The topological polar surface area (TPSA) is 6.48 Å². The van der Waals surface area contributed by atoms with Gasteiger partial charge in [-0.3, -0.25) is 9.80 Å². The van der Waals surface area contributed by atoms with E-state index in [9.17, 15) is 0 Å². The van der Waals surface area contributed by atoms with Crippen LogP contribution < -0.4 is 0 Å². The van der Waals surface area contributed by atoms with Gasteiger partial charge in [-0.25, -0.2) is 0 Å². The van der Waals surface area contributed by atoms with Gasteiger partial charge in [-0.2, -0.15) is 0 Å². The molecule has 0 amide bonds. The molecule has 0 aromatic heterocycles. The van der Waals surface area contributed by atoms with Crippen molar-refractivity contribution < 1.29 is 0 Å². The normalized spacial score (nSPS) is 25.9. The van der Waals surface area contributed by atoms with Crippen molar-refractivity contribution in [2.75, 3.05) is 26.2 Å². The number of nitrogens with zero attached hydrogens (tertiary/aromatic N) is 2. The number of hydrogen-bond acceptors (Lipinski definition) is 2. The zero-order valence-corrected chi connectivity index (χ0v) is 12.4. The number of benzene rings is 1. The first-order chi connectivity index (χ1) is 8.81. The van der Waals surface area contributed by atoms with E-state index in [1.165, 1.54) is 55.5 Å². The molecule has 18 heavy (non-hydrogen) atoms. The summed E-state index contributed by atoms with van der Waals surface area (Å²) in [4.78, 5) is 5.33. The van der Waals surface area contributed by atoms with Crippen LogP contribution in [0.1, 0.15) is 24.8 Å². The third kappa shape index (κ3) is 2.95. The molecule has 1 aromatic carbocycles. The minimum Gasteiger partial charge on any atom is -0.299 e. The highest BCUT2D eigenvalue weighted by atomic mass is 79.9. The van der Waals surface area contributed by atoms with Gasteiger partial charge in [-0.1, -0.05) is 28.1 Å². The third-order valence-corrected chi connectivity index (χ3v) is 4.68. The molecule has 2 aliphatic rings. The van der Waals surface area contributed by atoms with Crippen molar-refractivity contribution in [3.05, 3.63) is 34.3 Å². The summed E-state index contributed by atoms with van der Waals surface area (Å²) in [5, 5.41) is 0. The molecule has 1 unspecified atom stereocenters. The summed E-state index contributed by atoms with van der Waals surface area (Å²) in [7, 11) is 0. The fourth-order valence-electron chi connectivity index (χ4n) is 3.32. The van der Waals surface area contributed by atoms with Crippen LogP contribution in [-0.2, 0) is 6.54 Å². The average Bonchev–Trinajstić information content (AvgIpc) is 2.69. The molecular formula is C15H21BrN2. The predicted molar refractivity (Wildman–Crippen MR) is 78.6 cm³/mol. The summed E-state index contributed by atoms with van der Waals surface area (Å²) in [5.74, 6) is 0. The lowest BCUT2D eigenvalue weighted by Crippen LogP contribution is -2.36. The van der Waals surface area contributed by atoms with Gasteiger partial charge in [0.1, 0.15) is 0 Å². The van der Waals surface area contributed by atoms with Gasteiger partial charge < -0.3 is 0 Å². The number of fused-ring (bicyclic) bond motifs is 1. The summed E-state index contributed by atoms with van der Waals surface area (Å²) in [5.41, 5.74) is 1.43. The maximum absolute atomic E-state index is 3.56. The van der Waals surface area contributed by atoms with E-state index in [0.29, 0.717) is 0 Å². The first-order valence-corrected chi connectivity index (χ1v) is 7.81. The number of halogens is 1. The lowest BCUT2D eigenvalue weighted by atomic mass is 10.1. The molecule has 0 N–H and O–H groups in total. The lowest BCUT2D eigenvalue weighted by Gasteiger charge is -2.25. The number of rotatable bonds is 2. The average molecular weight is 309 g/mol. The summed E-state index contributed by atoms with van der Waals surface area (Å²) in [6.07, 6.45) is 4.12. The zero-order valence-electron chi connectivity index (χ0n) is 10.8. The molecule has 0 saturated carbocycles. The Balaban J connectivity index is 1.65. The van der Waals surface area contributed by atoms with Gasteiger partial charge in [0.05, 0.1) is 0 Å². The minimum atomic E-state index is 0.819. The van der Waals surface area contributed by atoms with E-state index in [0.717, 1.165) is 12.6 Å². The quantitative estimate of drug-likeness (QED) is 0.828. The van der Waals surface area contributed by atoms with E-state index < -0.39 is 0 Å². The highest BCUT2D eigenvalue weighted by Gasteiger charge is 2.28. The van der Waals surface area contributed by atoms with Crippen LogP contribution in [0.5, 0.6) is 0 Å². The molecule has 98 valence electrons. The molecule has 2 aliphatic heterocycles. The fourth-order valence-corrected chi connectivity index (χ4v) is 3.77. The second-order valence-corrected chi connectivity index (χ2v) is 6.47. The standard InChI is InChI=1S/C15H21BrN2/c16-14-5-1-4-13(10-14)11-17-7-3-9-18-8-2-6-15(18)12-17/h1,4-5,10,15H,2-3,6-9,11-12H2. The van der Waals surface area contributed by atoms with Crippen molar-refractivity contribution in [1.29, 1.82) is 0 Å². The minimum absolute atomic E-state index is 0.819. The highest BCUT2D eigenvalue weighted by molar-refractivity contribution is 9.10. The highest BCUT2D eigenvalue weighted by Crippen LogP contribution is 2.22. The van der Waals surface area contributed by atoms with Crippen LogP contribution in [0.15, 0.2) is 28.7 Å². The Bertz CT molecular complexity index is 407. The molecule has 3 heteroatoms. The van der Waals surface area contributed by atoms with E-state index in [1.54, 1.807) is 0 Å². The van der Waals surface area contributed by atoms with Gasteiger partial charge in [-0.15, -0.1) is 0 Å². The van der Waals surface area contributed by atoms with Gasteiger partial charge in [0.25, 0.3) is 0 Å². The second kappa shape index (κ2) is 5.72. The van der Waals surface area contributed by atoms with Crippen molar-refractivity contribution in [3.8, 4) is 0 Å². The molecule has 0 bridgehead atoms. The third-order valence-electron chi connectivity index (χ3n) is 4.18. The molecule has 1 atom stereocenters. The first-order valence-electron chi connectivity index (χ1n) is 7.02. The van der Waals surface area contributed by atoms with Crippen molar-refractivity contribution >= 4 is 15.9 Å². The Labute approximate surface area is 118 Å². The fraction of sp³-hybridized carbons (Fsp3) is 0.600. The van der Waals surface area contributed by atoms with Crippen molar-refractivity contribution in [3.63, 3.8) is 0 Å². The van der Waals surface area contributed by atoms with E-state index in [-0.39, 0.29) is 0 Å². The monoisotopic (exact) mass is 308 g/mol. The summed E-state index contributed by atoms with van der Waals surface area (Å²) >= 11 is 3.56. The van der Waals surface area contributed by atoms with E-state index in [4.69, 9.17) is 0 Å². The van der Waals surface area contributed by atoms with E-state index in [2.05, 4.69) is 50.0 Å². The van der Waals surface area contributed by atoms with Crippen LogP contribution in [0.4, 0.5) is 0 Å². The van der Waals surface area contributed by atoms with Crippen molar-refractivity contribution in [2.24, 2.45) is 0 Å². The van der Waals surface area contributed by atoms with Gasteiger partial charge in [-0.05, 0) is 56.6 Å². The molecule has 1 aromatic rings. The molecule has 2 nitrogen and oxygen atoms in total. The van der Waals surface area contributed by atoms with Crippen LogP contribution in [0.25, 0.3) is 0 Å². The number of hydrogen-bond donors (Lipinski definition) is 0. The zero-order chi connectivity index (χ0) is 12.4. The van der Waals surface area contributed by atoms with Gasteiger partial charge in [0.2, 0.25) is 0 Å². The largest absolute Gasteiger partial charge is 0.299 e. The predicted octanol–water partition coefficient (Wildman–Crippen LogP) is 3.12. The Morgan fingerprint density at radius 2 is 2.06 bits per heavy atom. The van der Waals surface area contributed by atoms with Gasteiger partial charge in [0.15, 0.2) is 0 Å². The SMILES string of the molecule is Brc1cccc(CN2CCCN3CCCC3C2)c1. The molecule has 0 spiro atoms. The maximum atomic E-state index is 3.56. The summed E-state index contributed by atoms with van der Waals surface area (Å²) in [6, 6.07) is 9.54. The molecule has 2 fully saturated rings. The first kappa shape index (κ1) is 12.6. The Morgan fingerprint density at radius 1 is 1.17 bits per heavy atom. The molecule has 0 aliphatic carbocycles. The van der Waals surface area contributed by atoms with E-state index >= 15 is 0 Å². The lowest BCUT2D eigenvalue weighted by molar-refractivity contribution is 0.215. The molecular weight excluding hydrogens is 288 g/mol. The van der Waals surface area contributed by atoms with Crippen molar-refractivity contribution in [1.82, 2.24) is 9.80 Å². The van der Waals surface area contributed by atoms with Crippen LogP contribution in [0.2, 0.25) is 0 Å². The second-order valence-electron chi connectivity index (χ2n) is 5.55. The Hall–Kier alpha value is -0.380. The van der Waals surface area contributed by atoms with Crippen LogP contribution in [0, 0.1) is 0 Å². The molecule has 3 rings (SSSR count). The van der Waals surface area contributed by atoms with Crippen LogP contribution in [-0.4, -0.2) is 42.0 Å². The summed E-state index contributed by atoms with van der Waals surface area (Å²) < 4.78 is 1.19. The molecule has 0 radical (unpaired) electrons.